The molecule has 0 aliphatic rings. The standard InChI is InChI=1S/C18H16Cl4N4/c1-11-15(9-23-7-12-2-5-17(21)24-8-12)18(22)26(25-11)10-13-3-4-14(19)6-16(13)20/h2-6,8,23H,7,9-10H2,1H3. The number of aryl methyl sites for hydroxylation is 1. The van der Waals surface area contributed by atoms with Crippen LogP contribution in [0.5, 0.6) is 0 Å². The molecule has 0 radical (unpaired) electrons. The molecule has 1 aromatic carbocycles. The van der Waals surface area contributed by atoms with Crippen LogP contribution in [-0.4, -0.2) is 14.8 Å². The van der Waals surface area contributed by atoms with E-state index in [4.69, 9.17) is 46.4 Å². The first-order chi connectivity index (χ1) is 12.4. The van der Waals surface area contributed by atoms with Crippen LogP contribution in [0.1, 0.15) is 22.4 Å². The first-order valence-corrected chi connectivity index (χ1v) is 9.42. The third kappa shape index (κ3) is 4.70. The second-order valence-electron chi connectivity index (χ2n) is 5.84. The third-order valence-electron chi connectivity index (χ3n) is 3.94. The fourth-order valence-corrected chi connectivity index (χ4v) is 3.43. The maximum Gasteiger partial charge on any atom is 0.132 e. The summed E-state index contributed by atoms with van der Waals surface area (Å²) in [6.07, 6.45) is 1.75. The highest BCUT2D eigenvalue weighted by atomic mass is 35.5. The minimum atomic E-state index is 0.481. The zero-order chi connectivity index (χ0) is 18.7. The molecule has 3 aromatic rings. The Hall–Kier alpha value is -1.30. The molecule has 0 bridgehead atoms. The zero-order valence-electron chi connectivity index (χ0n) is 13.9. The van der Waals surface area contributed by atoms with E-state index in [0.29, 0.717) is 40.0 Å². The number of pyridine rings is 1. The van der Waals surface area contributed by atoms with Crippen molar-refractivity contribution in [3.63, 3.8) is 0 Å². The van der Waals surface area contributed by atoms with Gasteiger partial charge in [-0.1, -0.05) is 58.5 Å². The van der Waals surface area contributed by atoms with E-state index in [1.54, 1.807) is 29.1 Å². The third-order valence-corrected chi connectivity index (χ3v) is 5.17. The second kappa shape index (κ2) is 8.59. The number of hydrogen-bond acceptors (Lipinski definition) is 3. The van der Waals surface area contributed by atoms with Gasteiger partial charge in [0.1, 0.15) is 10.3 Å². The number of nitrogens with zero attached hydrogens (tertiary/aromatic N) is 3. The van der Waals surface area contributed by atoms with Crippen LogP contribution in [-0.2, 0) is 19.6 Å². The molecule has 0 atom stereocenters. The summed E-state index contributed by atoms with van der Waals surface area (Å²) in [6, 6.07) is 9.10. The summed E-state index contributed by atoms with van der Waals surface area (Å²) in [4.78, 5) is 4.07. The van der Waals surface area contributed by atoms with E-state index in [1.165, 1.54) is 0 Å². The lowest BCUT2D eigenvalue weighted by Gasteiger charge is -2.07. The highest BCUT2D eigenvalue weighted by Gasteiger charge is 2.14. The van der Waals surface area contributed by atoms with Crippen molar-refractivity contribution in [3.05, 3.63) is 79.3 Å². The molecule has 4 nitrogen and oxygen atoms in total. The number of nitrogens with one attached hydrogen (secondary N) is 1. The van der Waals surface area contributed by atoms with Crippen molar-refractivity contribution in [2.24, 2.45) is 0 Å². The summed E-state index contributed by atoms with van der Waals surface area (Å²) in [5.41, 5.74) is 3.79. The molecule has 0 amide bonds. The van der Waals surface area contributed by atoms with Crippen LogP contribution in [0.15, 0.2) is 36.5 Å². The Labute approximate surface area is 172 Å². The van der Waals surface area contributed by atoms with Crippen molar-refractivity contribution in [3.8, 4) is 0 Å². The van der Waals surface area contributed by atoms with Crippen LogP contribution >= 0.6 is 46.4 Å². The van der Waals surface area contributed by atoms with Gasteiger partial charge in [0.15, 0.2) is 0 Å². The molecule has 136 valence electrons. The van der Waals surface area contributed by atoms with E-state index in [-0.39, 0.29) is 0 Å². The van der Waals surface area contributed by atoms with Crippen molar-refractivity contribution < 1.29 is 0 Å². The van der Waals surface area contributed by atoms with E-state index >= 15 is 0 Å². The number of hydrogen-bond donors (Lipinski definition) is 1. The molecule has 2 aromatic heterocycles. The van der Waals surface area contributed by atoms with Gasteiger partial charge in [-0.05, 0) is 36.2 Å². The summed E-state index contributed by atoms with van der Waals surface area (Å²) >= 11 is 24.5. The van der Waals surface area contributed by atoms with Gasteiger partial charge in [0.05, 0.1) is 12.2 Å². The van der Waals surface area contributed by atoms with Gasteiger partial charge in [-0.25, -0.2) is 9.67 Å². The summed E-state index contributed by atoms with van der Waals surface area (Å²) in [5, 5.41) is 10.1. The summed E-state index contributed by atoms with van der Waals surface area (Å²) < 4.78 is 1.74. The van der Waals surface area contributed by atoms with E-state index in [2.05, 4.69) is 15.4 Å². The van der Waals surface area contributed by atoms with E-state index < -0.39 is 0 Å². The molecule has 2 heterocycles. The lowest BCUT2D eigenvalue weighted by Crippen LogP contribution is -2.13. The monoisotopic (exact) mass is 428 g/mol. The molecule has 3 rings (SSSR count). The molecule has 0 aliphatic heterocycles. The molecule has 26 heavy (non-hydrogen) atoms. The minimum absolute atomic E-state index is 0.481. The average molecular weight is 430 g/mol. The topological polar surface area (TPSA) is 42.7 Å². The molecule has 0 aliphatic carbocycles. The largest absolute Gasteiger partial charge is 0.308 e. The normalized spacial score (nSPS) is 11.1. The van der Waals surface area contributed by atoms with Crippen molar-refractivity contribution >= 4 is 46.4 Å². The van der Waals surface area contributed by atoms with Crippen molar-refractivity contribution in [1.82, 2.24) is 20.1 Å². The quantitative estimate of drug-likeness (QED) is 0.523. The molecule has 0 saturated carbocycles. The van der Waals surface area contributed by atoms with Crippen LogP contribution in [0, 0.1) is 6.92 Å². The average Bonchev–Trinajstić information content (AvgIpc) is 2.86. The number of benzene rings is 1. The van der Waals surface area contributed by atoms with Crippen molar-refractivity contribution in [1.29, 1.82) is 0 Å². The van der Waals surface area contributed by atoms with Gasteiger partial charge < -0.3 is 5.32 Å². The number of aromatic nitrogens is 3. The first kappa shape index (κ1) is 19.5. The van der Waals surface area contributed by atoms with Gasteiger partial charge in [0, 0.05) is 34.9 Å². The van der Waals surface area contributed by atoms with Gasteiger partial charge in [0.25, 0.3) is 0 Å². The van der Waals surface area contributed by atoms with Gasteiger partial charge >= 0.3 is 0 Å². The lowest BCUT2D eigenvalue weighted by molar-refractivity contribution is 0.676. The maximum absolute atomic E-state index is 6.53. The summed E-state index contributed by atoms with van der Waals surface area (Å²) in [5.74, 6) is 0. The molecule has 1 N–H and O–H groups in total. The minimum Gasteiger partial charge on any atom is -0.308 e. The van der Waals surface area contributed by atoms with Gasteiger partial charge in [-0.3, -0.25) is 0 Å². The Morgan fingerprint density at radius 1 is 1.04 bits per heavy atom. The molecule has 0 unspecified atom stereocenters. The maximum atomic E-state index is 6.53. The summed E-state index contributed by atoms with van der Waals surface area (Å²) in [7, 11) is 0. The molecule has 0 spiro atoms. The second-order valence-corrected chi connectivity index (χ2v) is 7.43. The van der Waals surface area contributed by atoms with E-state index in [9.17, 15) is 0 Å². The Bertz CT molecular complexity index is 906. The molecular formula is C18H16Cl4N4. The fourth-order valence-electron chi connectivity index (χ4n) is 2.55. The predicted molar refractivity (Wildman–Crippen MR) is 107 cm³/mol. The highest BCUT2D eigenvalue weighted by molar-refractivity contribution is 6.35. The smallest absolute Gasteiger partial charge is 0.132 e. The molecule has 0 saturated heterocycles. The van der Waals surface area contributed by atoms with Crippen molar-refractivity contribution in [2.45, 2.75) is 26.6 Å². The van der Waals surface area contributed by atoms with Crippen LogP contribution in [0.3, 0.4) is 0 Å². The Kier molecular flexibility index (Phi) is 6.43. The Balaban J connectivity index is 1.68. The molecule has 8 heteroatoms. The number of rotatable bonds is 6. The van der Waals surface area contributed by atoms with Crippen LogP contribution in [0.2, 0.25) is 20.4 Å². The van der Waals surface area contributed by atoms with Gasteiger partial charge in [-0.2, -0.15) is 5.10 Å². The van der Waals surface area contributed by atoms with Crippen LogP contribution < -0.4 is 5.32 Å². The Morgan fingerprint density at radius 3 is 2.54 bits per heavy atom. The highest BCUT2D eigenvalue weighted by Crippen LogP contribution is 2.25. The molecular weight excluding hydrogens is 414 g/mol. The number of halogens is 4. The van der Waals surface area contributed by atoms with E-state index in [0.717, 1.165) is 22.4 Å². The SMILES string of the molecule is Cc1nn(Cc2ccc(Cl)cc2Cl)c(Cl)c1CNCc1ccc(Cl)nc1. The lowest BCUT2D eigenvalue weighted by atomic mass is 10.2. The summed E-state index contributed by atoms with van der Waals surface area (Å²) in [6.45, 7) is 3.68. The first-order valence-electron chi connectivity index (χ1n) is 7.91. The van der Waals surface area contributed by atoms with E-state index in [1.807, 2.05) is 19.1 Å². The fraction of sp³-hybridized carbons (Fsp3) is 0.222. The molecule has 0 fully saturated rings. The van der Waals surface area contributed by atoms with Crippen LogP contribution in [0.25, 0.3) is 0 Å². The van der Waals surface area contributed by atoms with Gasteiger partial charge in [0.2, 0.25) is 0 Å². The zero-order valence-corrected chi connectivity index (χ0v) is 17.0. The van der Waals surface area contributed by atoms with Gasteiger partial charge in [-0.15, -0.1) is 0 Å². The predicted octanol–water partition coefficient (Wildman–Crippen LogP) is 5.54. The van der Waals surface area contributed by atoms with Crippen molar-refractivity contribution in [2.75, 3.05) is 0 Å². The Morgan fingerprint density at radius 2 is 1.85 bits per heavy atom. The van der Waals surface area contributed by atoms with Crippen LogP contribution in [0.4, 0.5) is 0 Å².